The number of hydrogen-bond donors (Lipinski definition) is 2. The SMILES string of the molecule is Cc1ccc(/C=N\Nc2ccc(S(=O)(=O)Nc3ccc(Cl)cc3)cc2[N+](=O)[O-])cc1. The molecule has 2 N–H and O–H groups in total. The number of rotatable bonds is 7. The van der Waals surface area contributed by atoms with Gasteiger partial charge < -0.3 is 0 Å². The molecule has 3 rings (SSSR count). The molecule has 3 aromatic carbocycles. The molecule has 0 aliphatic carbocycles. The van der Waals surface area contributed by atoms with Crippen LogP contribution >= 0.6 is 11.6 Å². The van der Waals surface area contributed by atoms with E-state index in [-0.39, 0.29) is 16.3 Å². The van der Waals surface area contributed by atoms with E-state index in [9.17, 15) is 18.5 Å². The molecule has 0 saturated carbocycles. The van der Waals surface area contributed by atoms with E-state index in [1.807, 2.05) is 31.2 Å². The number of hydrazone groups is 1. The predicted octanol–water partition coefficient (Wildman–Crippen LogP) is 4.80. The highest BCUT2D eigenvalue weighted by Gasteiger charge is 2.21. The highest BCUT2D eigenvalue weighted by atomic mass is 35.5. The summed E-state index contributed by atoms with van der Waals surface area (Å²) in [5.41, 5.74) is 4.42. The van der Waals surface area contributed by atoms with Gasteiger partial charge in [-0.15, -0.1) is 0 Å². The van der Waals surface area contributed by atoms with E-state index in [0.29, 0.717) is 5.02 Å². The van der Waals surface area contributed by atoms with Crippen LogP contribution in [0, 0.1) is 17.0 Å². The van der Waals surface area contributed by atoms with Crippen LogP contribution in [-0.2, 0) is 10.0 Å². The van der Waals surface area contributed by atoms with Crippen molar-refractivity contribution in [1.82, 2.24) is 0 Å². The maximum absolute atomic E-state index is 12.6. The molecular formula is C20H17ClN4O4S. The van der Waals surface area contributed by atoms with Gasteiger partial charge >= 0.3 is 0 Å². The minimum absolute atomic E-state index is 0.0637. The standard InChI is InChI=1S/C20H17ClN4O4S/c1-14-2-4-15(5-3-14)13-22-23-19-11-10-18(12-20(19)25(26)27)30(28,29)24-17-8-6-16(21)7-9-17/h2-13,23-24H,1H3/b22-13-. The smallest absolute Gasteiger partial charge is 0.280 e. The highest BCUT2D eigenvalue weighted by Crippen LogP contribution is 2.28. The zero-order valence-corrected chi connectivity index (χ0v) is 17.3. The van der Waals surface area contributed by atoms with Gasteiger partial charge in [0.15, 0.2) is 0 Å². The second-order valence-electron chi connectivity index (χ2n) is 6.33. The van der Waals surface area contributed by atoms with Crippen LogP contribution < -0.4 is 10.1 Å². The van der Waals surface area contributed by atoms with Crippen molar-refractivity contribution in [2.24, 2.45) is 5.10 Å². The largest absolute Gasteiger partial charge is 0.295 e. The Morgan fingerprint density at radius 3 is 2.33 bits per heavy atom. The molecule has 0 bridgehead atoms. The topological polar surface area (TPSA) is 114 Å². The van der Waals surface area contributed by atoms with Crippen molar-refractivity contribution < 1.29 is 13.3 Å². The zero-order chi connectivity index (χ0) is 21.7. The van der Waals surface area contributed by atoms with E-state index in [1.54, 1.807) is 0 Å². The van der Waals surface area contributed by atoms with Crippen LogP contribution in [0.1, 0.15) is 11.1 Å². The summed E-state index contributed by atoms with van der Waals surface area (Å²) in [5, 5.41) is 15.9. The van der Waals surface area contributed by atoms with Crippen LogP contribution in [-0.4, -0.2) is 19.6 Å². The third-order valence-corrected chi connectivity index (χ3v) is 5.68. The van der Waals surface area contributed by atoms with Crippen molar-refractivity contribution >= 4 is 44.9 Å². The maximum Gasteiger partial charge on any atom is 0.295 e. The maximum atomic E-state index is 12.6. The van der Waals surface area contributed by atoms with Crippen molar-refractivity contribution in [2.45, 2.75) is 11.8 Å². The first kappa shape index (κ1) is 21.3. The fourth-order valence-electron chi connectivity index (χ4n) is 2.49. The number of nitro benzene ring substituents is 1. The Morgan fingerprint density at radius 2 is 1.70 bits per heavy atom. The molecule has 0 atom stereocenters. The number of nitrogens with one attached hydrogen (secondary N) is 2. The number of nitro groups is 1. The summed E-state index contributed by atoms with van der Waals surface area (Å²) in [5.74, 6) is 0. The summed E-state index contributed by atoms with van der Waals surface area (Å²) in [6.45, 7) is 1.96. The summed E-state index contributed by atoms with van der Waals surface area (Å²) < 4.78 is 27.5. The fourth-order valence-corrected chi connectivity index (χ4v) is 3.69. The number of aryl methyl sites for hydroxylation is 1. The number of anilines is 2. The number of benzene rings is 3. The third-order valence-electron chi connectivity index (χ3n) is 4.05. The summed E-state index contributed by atoms with van der Waals surface area (Å²) in [6, 6.07) is 17.1. The van der Waals surface area contributed by atoms with Gasteiger partial charge in [-0.2, -0.15) is 5.10 Å². The first-order chi connectivity index (χ1) is 14.2. The van der Waals surface area contributed by atoms with Gasteiger partial charge in [-0.25, -0.2) is 8.42 Å². The molecule has 0 aromatic heterocycles. The minimum Gasteiger partial charge on any atom is -0.280 e. The highest BCUT2D eigenvalue weighted by molar-refractivity contribution is 7.92. The van der Waals surface area contributed by atoms with Gasteiger partial charge in [0, 0.05) is 16.8 Å². The quantitative estimate of drug-likeness (QED) is 0.308. The Morgan fingerprint density at radius 1 is 1.03 bits per heavy atom. The van der Waals surface area contributed by atoms with Gasteiger partial charge in [0.05, 0.1) is 16.0 Å². The van der Waals surface area contributed by atoms with E-state index >= 15 is 0 Å². The molecule has 0 unspecified atom stereocenters. The Balaban J connectivity index is 1.82. The molecule has 0 radical (unpaired) electrons. The molecule has 0 spiro atoms. The van der Waals surface area contributed by atoms with E-state index < -0.39 is 20.6 Å². The van der Waals surface area contributed by atoms with Crippen LogP contribution in [0.3, 0.4) is 0 Å². The van der Waals surface area contributed by atoms with Gasteiger partial charge in [0.25, 0.3) is 15.7 Å². The first-order valence-corrected chi connectivity index (χ1v) is 10.5. The molecule has 0 amide bonds. The monoisotopic (exact) mass is 444 g/mol. The summed E-state index contributed by atoms with van der Waals surface area (Å²) in [7, 11) is -4.03. The van der Waals surface area contributed by atoms with Crippen LogP contribution in [0.4, 0.5) is 17.1 Å². The predicted molar refractivity (Wildman–Crippen MR) is 118 cm³/mol. The Bertz CT molecular complexity index is 1190. The van der Waals surface area contributed by atoms with Crippen molar-refractivity contribution in [3.8, 4) is 0 Å². The van der Waals surface area contributed by atoms with Crippen LogP contribution in [0.15, 0.2) is 76.7 Å². The summed E-state index contributed by atoms with van der Waals surface area (Å²) in [4.78, 5) is 10.5. The Labute approximate surface area is 178 Å². The lowest BCUT2D eigenvalue weighted by molar-refractivity contribution is -0.384. The van der Waals surface area contributed by atoms with Gasteiger partial charge in [0.1, 0.15) is 5.69 Å². The molecule has 10 heteroatoms. The average molecular weight is 445 g/mol. The molecule has 0 aliphatic heterocycles. The van der Waals surface area contributed by atoms with Crippen LogP contribution in [0.25, 0.3) is 0 Å². The second-order valence-corrected chi connectivity index (χ2v) is 8.45. The van der Waals surface area contributed by atoms with Crippen molar-refractivity contribution in [1.29, 1.82) is 0 Å². The molecule has 0 fully saturated rings. The minimum atomic E-state index is -4.03. The summed E-state index contributed by atoms with van der Waals surface area (Å²) >= 11 is 5.79. The average Bonchev–Trinajstić information content (AvgIpc) is 2.71. The Kier molecular flexibility index (Phi) is 6.34. The van der Waals surface area contributed by atoms with Gasteiger partial charge in [0.2, 0.25) is 0 Å². The van der Waals surface area contributed by atoms with E-state index in [0.717, 1.165) is 17.2 Å². The van der Waals surface area contributed by atoms with Crippen molar-refractivity contribution in [3.63, 3.8) is 0 Å². The fraction of sp³-hybridized carbons (Fsp3) is 0.0500. The molecule has 3 aromatic rings. The van der Waals surface area contributed by atoms with Gasteiger partial charge in [-0.1, -0.05) is 41.4 Å². The Hall–Kier alpha value is -3.43. The second kappa shape index (κ2) is 8.93. The van der Waals surface area contributed by atoms with Crippen LogP contribution in [0.5, 0.6) is 0 Å². The van der Waals surface area contributed by atoms with Crippen molar-refractivity contribution in [2.75, 3.05) is 10.1 Å². The van der Waals surface area contributed by atoms with Gasteiger partial charge in [-0.05, 0) is 48.9 Å². The zero-order valence-electron chi connectivity index (χ0n) is 15.7. The number of halogens is 1. The molecule has 154 valence electrons. The number of sulfonamides is 1. The van der Waals surface area contributed by atoms with E-state index in [4.69, 9.17) is 11.6 Å². The van der Waals surface area contributed by atoms with Crippen LogP contribution in [0.2, 0.25) is 5.02 Å². The lowest BCUT2D eigenvalue weighted by Crippen LogP contribution is -2.13. The normalized spacial score (nSPS) is 11.4. The molecule has 8 nitrogen and oxygen atoms in total. The molecule has 30 heavy (non-hydrogen) atoms. The first-order valence-electron chi connectivity index (χ1n) is 8.67. The molecule has 0 heterocycles. The lowest BCUT2D eigenvalue weighted by Gasteiger charge is -2.09. The number of nitrogens with zero attached hydrogens (tertiary/aromatic N) is 2. The summed E-state index contributed by atoms with van der Waals surface area (Å²) in [6.07, 6.45) is 1.51. The molecular weight excluding hydrogens is 428 g/mol. The van der Waals surface area contributed by atoms with Gasteiger partial charge in [-0.3, -0.25) is 20.3 Å². The molecule has 0 saturated heterocycles. The van der Waals surface area contributed by atoms with E-state index in [1.165, 1.54) is 42.6 Å². The van der Waals surface area contributed by atoms with Crippen molar-refractivity contribution in [3.05, 3.63) is 93.0 Å². The third kappa shape index (κ3) is 5.34. The van der Waals surface area contributed by atoms with E-state index in [2.05, 4.69) is 15.2 Å². The number of hydrogen-bond acceptors (Lipinski definition) is 6. The lowest BCUT2D eigenvalue weighted by atomic mass is 10.2. The molecule has 0 aliphatic rings.